The van der Waals surface area contributed by atoms with Gasteiger partial charge in [0.15, 0.2) is 0 Å². The van der Waals surface area contributed by atoms with Crippen molar-refractivity contribution in [1.82, 2.24) is 15.6 Å². The van der Waals surface area contributed by atoms with Crippen molar-refractivity contribution in [1.29, 1.82) is 0 Å². The first kappa shape index (κ1) is 16.5. The van der Waals surface area contributed by atoms with Crippen LogP contribution in [0.3, 0.4) is 0 Å². The summed E-state index contributed by atoms with van der Waals surface area (Å²) in [5.41, 5.74) is 3.63. The summed E-state index contributed by atoms with van der Waals surface area (Å²) in [7, 11) is 0. The van der Waals surface area contributed by atoms with Crippen molar-refractivity contribution < 1.29 is 9.53 Å². The second kappa shape index (κ2) is 7.08. The van der Waals surface area contributed by atoms with Crippen LogP contribution in [0.25, 0.3) is 10.9 Å². The lowest BCUT2D eigenvalue weighted by Gasteiger charge is -2.30. The first-order valence-electron chi connectivity index (χ1n) is 9.43. The Kier molecular flexibility index (Phi) is 4.66. The highest BCUT2D eigenvalue weighted by Gasteiger charge is 2.36. The van der Waals surface area contributed by atoms with Crippen molar-refractivity contribution in [2.24, 2.45) is 5.92 Å². The molecule has 1 aliphatic carbocycles. The fraction of sp³-hybridized carbons (Fsp3) is 0.550. The number of aromatic nitrogens is 1. The van der Waals surface area contributed by atoms with E-state index in [1.54, 1.807) is 0 Å². The number of rotatable bonds is 5. The number of hydrogen-bond donors (Lipinski definition) is 3. The predicted octanol–water partition coefficient (Wildman–Crippen LogP) is 3.28. The van der Waals surface area contributed by atoms with Crippen molar-refractivity contribution in [2.45, 2.75) is 51.2 Å². The summed E-state index contributed by atoms with van der Waals surface area (Å²) in [4.78, 5) is 15.6. The zero-order valence-corrected chi connectivity index (χ0v) is 14.8. The van der Waals surface area contributed by atoms with Crippen LogP contribution in [-0.2, 0) is 11.2 Å². The minimum absolute atomic E-state index is 0.0565. The molecule has 5 heteroatoms. The Morgan fingerprint density at radius 3 is 2.96 bits per heavy atom. The number of carbonyl (C=O) groups excluding carboxylic acids is 1. The number of benzene rings is 1. The number of fused-ring (bicyclic) bond motifs is 1. The number of urea groups is 1. The summed E-state index contributed by atoms with van der Waals surface area (Å²) in [5, 5.41) is 7.39. The van der Waals surface area contributed by atoms with Crippen LogP contribution in [0.2, 0.25) is 0 Å². The molecule has 5 nitrogen and oxygen atoms in total. The van der Waals surface area contributed by atoms with E-state index in [1.807, 2.05) is 6.07 Å². The molecule has 1 aromatic heterocycles. The number of nitrogens with one attached hydrogen (secondary N) is 3. The molecule has 2 aromatic rings. The molecular weight excluding hydrogens is 314 g/mol. The van der Waals surface area contributed by atoms with Crippen LogP contribution in [0.15, 0.2) is 24.3 Å². The maximum absolute atomic E-state index is 12.2. The number of hydrogen-bond acceptors (Lipinski definition) is 2. The van der Waals surface area contributed by atoms with E-state index in [2.05, 4.69) is 40.7 Å². The average molecular weight is 341 g/mol. The first-order chi connectivity index (χ1) is 12.2. The lowest BCUT2D eigenvalue weighted by atomic mass is 10.0. The molecule has 2 aliphatic rings. The Balaban J connectivity index is 1.26. The fourth-order valence-electron chi connectivity index (χ4n) is 3.95. The predicted molar refractivity (Wildman–Crippen MR) is 98.8 cm³/mol. The molecule has 0 spiro atoms. The lowest BCUT2D eigenvalue weighted by molar-refractivity contribution is -0.00913. The third kappa shape index (κ3) is 3.82. The summed E-state index contributed by atoms with van der Waals surface area (Å²) in [6.07, 6.45) is 5.63. The van der Waals surface area contributed by atoms with Crippen molar-refractivity contribution in [3.05, 3.63) is 35.5 Å². The molecule has 3 N–H and O–H groups in total. The van der Waals surface area contributed by atoms with E-state index in [9.17, 15) is 4.79 Å². The minimum atomic E-state index is -0.0565. The highest BCUT2D eigenvalue weighted by Crippen LogP contribution is 2.38. The molecule has 1 aliphatic heterocycles. The van der Waals surface area contributed by atoms with E-state index in [0.717, 1.165) is 37.3 Å². The fourth-order valence-corrected chi connectivity index (χ4v) is 3.95. The van der Waals surface area contributed by atoms with Crippen molar-refractivity contribution in [2.75, 3.05) is 13.2 Å². The Labute approximate surface area is 148 Å². The summed E-state index contributed by atoms with van der Waals surface area (Å²) >= 11 is 0. The van der Waals surface area contributed by atoms with Gasteiger partial charge < -0.3 is 20.4 Å². The highest BCUT2D eigenvalue weighted by atomic mass is 16.5. The smallest absolute Gasteiger partial charge is 0.315 e. The SMILES string of the molecule is Cc1[nH]c2ccccc2c1CCNC(=O)NC1CCOC(C2CC2)C1. The number of H-pyrrole nitrogens is 1. The van der Waals surface area contributed by atoms with Crippen LogP contribution in [0, 0.1) is 12.8 Å². The molecule has 2 atom stereocenters. The third-order valence-electron chi connectivity index (χ3n) is 5.49. The van der Waals surface area contributed by atoms with Crippen LogP contribution in [0.4, 0.5) is 4.79 Å². The van der Waals surface area contributed by atoms with E-state index in [4.69, 9.17) is 4.74 Å². The van der Waals surface area contributed by atoms with Gasteiger partial charge in [0.1, 0.15) is 0 Å². The highest BCUT2D eigenvalue weighted by molar-refractivity contribution is 5.84. The normalized spacial score (nSPS) is 23.6. The molecule has 0 bridgehead atoms. The molecule has 2 amide bonds. The van der Waals surface area contributed by atoms with Gasteiger partial charge in [-0.05, 0) is 56.6 Å². The second-order valence-electron chi connectivity index (χ2n) is 7.39. The Morgan fingerprint density at radius 1 is 1.28 bits per heavy atom. The Hall–Kier alpha value is -2.01. The van der Waals surface area contributed by atoms with E-state index in [1.165, 1.54) is 29.5 Å². The molecule has 4 rings (SSSR count). The number of para-hydroxylation sites is 1. The lowest BCUT2D eigenvalue weighted by Crippen LogP contribution is -2.47. The van der Waals surface area contributed by atoms with Crippen LogP contribution >= 0.6 is 0 Å². The summed E-state index contributed by atoms with van der Waals surface area (Å²) in [6.45, 7) is 3.50. The average Bonchev–Trinajstić information content (AvgIpc) is 3.40. The van der Waals surface area contributed by atoms with Crippen molar-refractivity contribution in [3.8, 4) is 0 Å². The summed E-state index contributed by atoms with van der Waals surface area (Å²) in [5.74, 6) is 0.734. The Morgan fingerprint density at radius 2 is 2.12 bits per heavy atom. The minimum Gasteiger partial charge on any atom is -0.378 e. The van der Waals surface area contributed by atoms with Crippen LogP contribution in [0.1, 0.15) is 36.9 Å². The van der Waals surface area contributed by atoms with Crippen molar-refractivity contribution >= 4 is 16.9 Å². The molecule has 2 fully saturated rings. The maximum atomic E-state index is 12.2. The van der Waals surface area contributed by atoms with Gasteiger partial charge in [-0.25, -0.2) is 4.79 Å². The zero-order chi connectivity index (χ0) is 17.2. The van der Waals surface area contributed by atoms with Gasteiger partial charge >= 0.3 is 6.03 Å². The topological polar surface area (TPSA) is 66.2 Å². The number of aromatic amines is 1. The quantitative estimate of drug-likeness (QED) is 0.781. The van der Waals surface area contributed by atoms with Crippen LogP contribution in [0.5, 0.6) is 0 Å². The summed E-state index contributed by atoms with van der Waals surface area (Å²) < 4.78 is 5.82. The zero-order valence-electron chi connectivity index (χ0n) is 14.8. The van der Waals surface area contributed by atoms with E-state index in [0.29, 0.717) is 12.6 Å². The number of ether oxygens (including phenoxy) is 1. The largest absolute Gasteiger partial charge is 0.378 e. The standard InChI is InChI=1S/C20H27N3O2/c1-13-16(17-4-2-3-5-18(17)22-13)8-10-21-20(24)23-15-9-11-25-19(12-15)14-6-7-14/h2-5,14-15,19,22H,6-12H2,1H3,(H2,21,23,24). The molecule has 1 saturated carbocycles. The van der Waals surface area contributed by atoms with Crippen LogP contribution < -0.4 is 10.6 Å². The molecule has 1 saturated heterocycles. The molecular formula is C20H27N3O2. The number of carbonyl (C=O) groups is 1. The molecule has 2 unspecified atom stereocenters. The van der Waals surface area contributed by atoms with Gasteiger partial charge in [-0.3, -0.25) is 0 Å². The summed E-state index contributed by atoms with van der Waals surface area (Å²) in [6, 6.07) is 8.51. The molecule has 134 valence electrons. The van der Waals surface area contributed by atoms with Gasteiger partial charge in [0.2, 0.25) is 0 Å². The molecule has 1 aromatic carbocycles. The van der Waals surface area contributed by atoms with E-state index < -0.39 is 0 Å². The maximum Gasteiger partial charge on any atom is 0.315 e. The van der Waals surface area contributed by atoms with Gasteiger partial charge in [-0.2, -0.15) is 0 Å². The monoisotopic (exact) mass is 341 g/mol. The van der Waals surface area contributed by atoms with Gasteiger partial charge in [0, 0.05) is 35.8 Å². The van der Waals surface area contributed by atoms with E-state index in [-0.39, 0.29) is 12.1 Å². The van der Waals surface area contributed by atoms with Gasteiger partial charge in [-0.15, -0.1) is 0 Å². The molecule has 25 heavy (non-hydrogen) atoms. The van der Waals surface area contributed by atoms with Crippen molar-refractivity contribution in [3.63, 3.8) is 0 Å². The second-order valence-corrected chi connectivity index (χ2v) is 7.39. The number of amides is 2. The first-order valence-corrected chi connectivity index (χ1v) is 9.43. The third-order valence-corrected chi connectivity index (χ3v) is 5.49. The van der Waals surface area contributed by atoms with Gasteiger partial charge in [-0.1, -0.05) is 18.2 Å². The van der Waals surface area contributed by atoms with Gasteiger partial charge in [0.05, 0.1) is 6.10 Å². The van der Waals surface area contributed by atoms with E-state index >= 15 is 0 Å². The van der Waals surface area contributed by atoms with Crippen LogP contribution in [-0.4, -0.2) is 36.3 Å². The number of aryl methyl sites for hydroxylation is 1. The van der Waals surface area contributed by atoms with Gasteiger partial charge in [0.25, 0.3) is 0 Å². The Bertz CT molecular complexity index is 750. The molecule has 0 radical (unpaired) electrons. The molecule has 2 heterocycles.